The van der Waals surface area contributed by atoms with Crippen LogP contribution in [0.15, 0.2) is 24.5 Å². The maximum atomic E-state index is 5.75. The van der Waals surface area contributed by atoms with Gasteiger partial charge in [-0.3, -0.25) is 0 Å². The van der Waals surface area contributed by atoms with Gasteiger partial charge in [0.25, 0.3) is 0 Å². The van der Waals surface area contributed by atoms with Crippen LogP contribution in [0, 0.1) is 0 Å². The first-order chi connectivity index (χ1) is 7.11. The summed E-state index contributed by atoms with van der Waals surface area (Å²) in [7, 11) is 0. The molecular weight excluding hydrogens is 192 g/mol. The topological polar surface area (TPSA) is 27.7 Å². The van der Waals surface area contributed by atoms with Gasteiger partial charge in [0.1, 0.15) is 12.2 Å². The van der Waals surface area contributed by atoms with Gasteiger partial charge in [-0.1, -0.05) is 12.7 Å². The molecule has 2 heterocycles. The quantitative estimate of drug-likeness (QED) is 0.700. The van der Waals surface area contributed by atoms with Gasteiger partial charge in [0.15, 0.2) is 5.79 Å². The Bertz CT molecular complexity index is 281. The number of ether oxygens (including phenoxy) is 3. The van der Waals surface area contributed by atoms with Gasteiger partial charge in [-0.15, -0.1) is 0 Å². The monoisotopic (exact) mass is 210 g/mol. The summed E-state index contributed by atoms with van der Waals surface area (Å²) < 4.78 is 16.9. The van der Waals surface area contributed by atoms with Crippen molar-refractivity contribution in [2.75, 3.05) is 6.61 Å². The third-order valence-electron chi connectivity index (χ3n) is 2.82. The van der Waals surface area contributed by atoms with Crippen molar-refractivity contribution in [3.63, 3.8) is 0 Å². The molecule has 2 aliphatic heterocycles. The fourth-order valence-corrected chi connectivity index (χ4v) is 1.93. The average Bonchev–Trinajstić information content (AvgIpc) is 2.59. The Hall–Kier alpha value is -0.800. The molecule has 0 aromatic heterocycles. The third-order valence-corrected chi connectivity index (χ3v) is 2.82. The lowest BCUT2D eigenvalue weighted by molar-refractivity contribution is -0.152. The maximum Gasteiger partial charge on any atom is 0.163 e. The van der Waals surface area contributed by atoms with Crippen LogP contribution in [0.1, 0.15) is 26.7 Å². The predicted molar refractivity (Wildman–Crippen MR) is 57.3 cm³/mol. The van der Waals surface area contributed by atoms with Gasteiger partial charge in [0.05, 0.1) is 12.9 Å². The lowest BCUT2D eigenvalue weighted by Gasteiger charge is -2.27. The predicted octanol–water partition coefficient (Wildman–Crippen LogP) is 2.39. The molecule has 0 unspecified atom stereocenters. The summed E-state index contributed by atoms with van der Waals surface area (Å²) in [5, 5.41) is 0. The number of hydrogen-bond acceptors (Lipinski definition) is 3. The minimum Gasteiger partial charge on any atom is -0.495 e. The molecule has 3 nitrogen and oxygen atoms in total. The van der Waals surface area contributed by atoms with E-state index in [-0.39, 0.29) is 12.2 Å². The summed E-state index contributed by atoms with van der Waals surface area (Å²) in [6.45, 7) is 8.21. The van der Waals surface area contributed by atoms with Gasteiger partial charge in [0, 0.05) is 0 Å². The first kappa shape index (κ1) is 10.7. The molecule has 3 heteroatoms. The fraction of sp³-hybridized carbons (Fsp3) is 0.667. The zero-order valence-corrected chi connectivity index (χ0v) is 9.36. The molecule has 15 heavy (non-hydrogen) atoms. The van der Waals surface area contributed by atoms with E-state index in [4.69, 9.17) is 14.2 Å². The minimum atomic E-state index is -0.462. The fourth-order valence-electron chi connectivity index (χ4n) is 1.93. The van der Waals surface area contributed by atoms with Crippen LogP contribution in [-0.2, 0) is 14.2 Å². The van der Waals surface area contributed by atoms with Gasteiger partial charge in [0.2, 0.25) is 0 Å². The highest BCUT2D eigenvalue weighted by atomic mass is 16.7. The van der Waals surface area contributed by atoms with E-state index in [0.717, 1.165) is 18.4 Å². The zero-order valence-electron chi connectivity index (χ0n) is 9.36. The SMILES string of the molecule is C=CC1=CO[C@@H]([C@H]2COC(C)(C)O2)CC1. The Balaban J connectivity index is 1.92. The van der Waals surface area contributed by atoms with E-state index in [1.807, 2.05) is 19.9 Å². The average molecular weight is 210 g/mol. The van der Waals surface area contributed by atoms with E-state index >= 15 is 0 Å². The van der Waals surface area contributed by atoms with Gasteiger partial charge in [-0.05, 0) is 32.3 Å². The summed E-state index contributed by atoms with van der Waals surface area (Å²) in [6, 6.07) is 0. The van der Waals surface area contributed by atoms with Gasteiger partial charge < -0.3 is 14.2 Å². The van der Waals surface area contributed by atoms with Crippen LogP contribution in [-0.4, -0.2) is 24.6 Å². The zero-order chi connectivity index (χ0) is 10.9. The van der Waals surface area contributed by atoms with E-state index < -0.39 is 5.79 Å². The van der Waals surface area contributed by atoms with Crippen LogP contribution in [0.3, 0.4) is 0 Å². The van der Waals surface area contributed by atoms with Crippen molar-refractivity contribution in [1.82, 2.24) is 0 Å². The second-order valence-electron chi connectivity index (χ2n) is 4.48. The van der Waals surface area contributed by atoms with Crippen molar-refractivity contribution < 1.29 is 14.2 Å². The molecule has 0 aromatic carbocycles. The highest BCUT2D eigenvalue weighted by molar-refractivity contribution is 5.15. The molecular formula is C12H18O3. The molecule has 2 aliphatic rings. The van der Waals surface area contributed by atoms with Crippen molar-refractivity contribution in [3.05, 3.63) is 24.5 Å². The summed E-state index contributed by atoms with van der Waals surface area (Å²) >= 11 is 0. The number of rotatable bonds is 2. The van der Waals surface area contributed by atoms with Crippen LogP contribution < -0.4 is 0 Å². The Labute approximate surface area is 90.7 Å². The third kappa shape index (κ3) is 2.41. The van der Waals surface area contributed by atoms with Crippen molar-refractivity contribution in [2.24, 2.45) is 0 Å². The van der Waals surface area contributed by atoms with E-state index in [0.29, 0.717) is 6.61 Å². The van der Waals surface area contributed by atoms with Crippen molar-refractivity contribution in [3.8, 4) is 0 Å². The normalized spacial score (nSPS) is 34.4. The van der Waals surface area contributed by atoms with Crippen LogP contribution in [0.4, 0.5) is 0 Å². The summed E-state index contributed by atoms with van der Waals surface area (Å²) in [5.74, 6) is -0.462. The van der Waals surface area contributed by atoms with Crippen LogP contribution in [0.5, 0.6) is 0 Å². The Morgan fingerprint density at radius 1 is 1.47 bits per heavy atom. The van der Waals surface area contributed by atoms with E-state index in [1.165, 1.54) is 0 Å². The van der Waals surface area contributed by atoms with E-state index in [1.54, 1.807) is 6.26 Å². The molecule has 0 aliphatic carbocycles. The first-order valence-electron chi connectivity index (χ1n) is 5.39. The lowest BCUT2D eigenvalue weighted by atomic mass is 10.0. The van der Waals surface area contributed by atoms with Crippen molar-refractivity contribution in [2.45, 2.75) is 44.7 Å². The summed E-state index contributed by atoms with van der Waals surface area (Å²) in [4.78, 5) is 0. The summed E-state index contributed by atoms with van der Waals surface area (Å²) in [5.41, 5.74) is 1.16. The Morgan fingerprint density at radius 3 is 2.73 bits per heavy atom. The van der Waals surface area contributed by atoms with Crippen molar-refractivity contribution >= 4 is 0 Å². The van der Waals surface area contributed by atoms with E-state index in [9.17, 15) is 0 Å². The second kappa shape index (κ2) is 3.99. The molecule has 0 saturated carbocycles. The van der Waals surface area contributed by atoms with Crippen molar-refractivity contribution in [1.29, 1.82) is 0 Å². The molecule has 2 atom stereocenters. The molecule has 0 bridgehead atoms. The largest absolute Gasteiger partial charge is 0.495 e. The molecule has 1 fully saturated rings. The Morgan fingerprint density at radius 2 is 2.27 bits per heavy atom. The molecule has 0 amide bonds. The molecule has 2 rings (SSSR count). The standard InChI is InChI=1S/C12H18O3/c1-4-9-5-6-10(13-7-9)11-8-14-12(2,3)15-11/h4,7,10-11H,1,5-6,8H2,2-3H3/t10-,11-/m1/s1. The van der Waals surface area contributed by atoms with Gasteiger partial charge >= 0.3 is 0 Å². The second-order valence-corrected chi connectivity index (χ2v) is 4.48. The molecule has 1 saturated heterocycles. The number of hydrogen-bond donors (Lipinski definition) is 0. The van der Waals surface area contributed by atoms with E-state index in [2.05, 4.69) is 6.58 Å². The molecule has 0 radical (unpaired) electrons. The highest BCUT2D eigenvalue weighted by Crippen LogP contribution is 2.29. The lowest BCUT2D eigenvalue weighted by Crippen LogP contribution is -2.33. The molecule has 84 valence electrons. The highest BCUT2D eigenvalue weighted by Gasteiger charge is 2.38. The maximum absolute atomic E-state index is 5.75. The smallest absolute Gasteiger partial charge is 0.163 e. The van der Waals surface area contributed by atoms with Crippen LogP contribution in [0.2, 0.25) is 0 Å². The van der Waals surface area contributed by atoms with Crippen LogP contribution in [0.25, 0.3) is 0 Å². The Kier molecular flexibility index (Phi) is 2.85. The van der Waals surface area contributed by atoms with Gasteiger partial charge in [-0.25, -0.2) is 0 Å². The summed E-state index contributed by atoms with van der Waals surface area (Å²) in [6.07, 6.45) is 5.79. The molecule has 0 spiro atoms. The van der Waals surface area contributed by atoms with Crippen LogP contribution >= 0.6 is 0 Å². The first-order valence-corrected chi connectivity index (χ1v) is 5.39. The molecule has 0 N–H and O–H groups in total. The molecule has 0 aromatic rings. The van der Waals surface area contributed by atoms with Gasteiger partial charge in [-0.2, -0.15) is 0 Å². The minimum absolute atomic E-state index is 0.0580. The number of allylic oxidation sites excluding steroid dienone is 2.